The van der Waals surface area contributed by atoms with Crippen LogP contribution in [-0.4, -0.2) is 52.7 Å². The molecule has 0 unspecified atom stereocenters. The number of hydrogen-bond donors (Lipinski definition) is 1. The van der Waals surface area contributed by atoms with Gasteiger partial charge in [-0.2, -0.15) is 4.68 Å². The van der Waals surface area contributed by atoms with Crippen LogP contribution in [0, 0.1) is 0 Å². The summed E-state index contributed by atoms with van der Waals surface area (Å²) in [7, 11) is 4.70. The molecule has 0 aliphatic heterocycles. The molecular formula is C19H21N5O4S. The molecule has 0 radical (unpaired) electrons. The maximum atomic E-state index is 12.6. The van der Waals surface area contributed by atoms with Gasteiger partial charge in [0.2, 0.25) is 11.1 Å². The lowest BCUT2D eigenvalue weighted by Gasteiger charge is -2.13. The lowest BCUT2D eigenvalue weighted by Crippen LogP contribution is -2.23. The van der Waals surface area contributed by atoms with Crippen LogP contribution in [0.1, 0.15) is 6.92 Å². The van der Waals surface area contributed by atoms with E-state index in [1.54, 1.807) is 51.1 Å². The molecule has 0 spiro atoms. The van der Waals surface area contributed by atoms with Gasteiger partial charge in [0, 0.05) is 11.8 Å². The van der Waals surface area contributed by atoms with Crippen LogP contribution in [-0.2, 0) is 4.79 Å². The number of carbonyl (C=O) groups excluding carboxylic acids is 1. The molecule has 0 saturated heterocycles. The summed E-state index contributed by atoms with van der Waals surface area (Å²) in [5.74, 6) is 1.67. The molecule has 1 N–H and O–H groups in total. The topological polar surface area (TPSA) is 100 Å². The highest BCUT2D eigenvalue weighted by atomic mass is 32.2. The van der Waals surface area contributed by atoms with Crippen LogP contribution >= 0.6 is 11.8 Å². The van der Waals surface area contributed by atoms with Crippen molar-refractivity contribution in [3.05, 3.63) is 42.5 Å². The van der Waals surface area contributed by atoms with Gasteiger partial charge in [-0.05, 0) is 53.7 Å². The van der Waals surface area contributed by atoms with Crippen molar-refractivity contribution in [2.45, 2.75) is 17.3 Å². The number of thioether (sulfide) groups is 1. The van der Waals surface area contributed by atoms with E-state index in [-0.39, 0.29) is 5.91 Å². The summed E-state index contributed by atoms with van der Waals surface area (Å²) in [6.45, 7) is 1.79. The summed E-state index contributed by atoms with van der Waals surface area (Å²) in [5.41, 5.74) is 1.38. The molecule has 1 heterocycles. The molecule has 29 heavy (non-hydrogen) atoms. The zero-order valence-electron chi connectivity index (χ0n) is 16.4. The average molecular weight is 415 g/mol. The number of rotatable bonds is 8. The molecule has 0 aliphatic carbocycles. The van der Waals surface area contributed by atoms with E-state index < -0.39 is 5.25 Å². The Hall–Kier alpha value is -3.27. The molecule has 1 atom stereocenters. The molecule has 0 bridgehead atoms. The third-order valence-corrected chi connectivity index (χ3v) is 5.09. The third kappa shape index (κ3) is 4.77. The van der Waals surface area contributed by atoms with Crippen molar-refractivity contribution in [1.82, 2.24) is 20.2 Å². The molecule has 0 fully saturated rings. The number of nitrogens with zero attached hydrogens (tertiary/aromatic N) is 4. The van der Waals surface area contributed by atoms with Crippen LogP contribution in [0.2, 0.25) is 0 Å². The Morgan fingerprint density at radius 1 is 1.03 bits per heavy atom. The number of methoxy groups -OCH3 is 3. The Labute approximate surface area is 172 Å². The number of aromatic nitrogens is 4. The van der Waals surface area contributed by atoms with E-state index in [0.717, 1.165) is 11.4 Å². The monoisotopic (exact) mass is 415 g/mol. The van der Waals surface area contributed by atoms with Crippen LogP contribution in [0.3, 0.4) is 0 Å². The van der Waals surface area contributed by atoms with Crippen molar-refractivity contribution in [1.29, 1.82) is 0 Å². The molecule has 9 nitrogen and oxygen atoms in total. The Balaban J connectivity index is 1.70. The van der Waals surface area contributed by atoms with Crippen molar-refractivity contribution in [3.63, 3.8) is 0 Å². The summed E-state index contributed by atoms with van der Waals surface area (Å²) >= 11 is 1.25. The molecular weight excluding hydrogens is 394 g/mol. The molecule has 1 aromatic heterocycles. The van der Waals surface area contributed by atoms with Gasteiger partial charge in [0.1, 0.15) is 5.75 Å². The first-order valence-electron chi connectivity index (χ1n) is 8.68. The van der Waals surface area contributed by atoms with Crippen molar-refractivity contribution < 1.29 is 19.0 Å². The minimum Gasteiger partial charge on any atom is -0.497 e. The number of hydrogen-bond acceptors (Lipinski definition) is 8. The molecule has 0 saturated carbocycles. The fourth-order valence-corrected chi connectivity index (χ4v) is 3.31. The number of benzene rings is 2. The van der Waals surface area contributed by atoms with E-state index in [1.807, 2.05) is 24.3 Å². The highest BCUT2D eigenvalue weighted by molar-refractivity contribution is 8.00. The van der Waals surface area contributed by atoms with E-state index in [0.29, 0.717) is 22.3 Å². The zero-order valence-corrected chi connectivity index (χ0v) is 17.3. The summed E-state index contributed by atoms with van der Waals surface area (Å²) in [6.07, 6.45) is 0. The first kappa shape index (κ1) is 20.5. The predicted molar refractivity (Wildman–Crippen MR) is 109 cm³/mol. The SMILES string of the molecule is COc1ccc(-n2nnnc2S[C@@H](C)C(=O)Nc2ccc(OC)c(OC)c2)cc1. The fourth-order valence-electron chi connectivity index (χ4n) is 2.51. The van der Waals surface area contributed by atoms with E-state index in [2.05, 4.69) is 20.8 Å². The summed E-state index contributed by atoms with van der Waals surface area (Å²) < 4.78 is 17.2. The molecule has 2 aromatic carbocycles. The maximum absolute atomic E-state index is 12.6. The van der Waals surface area contributed by atoms with Crippen molar-refractivity contribution >= 4 is 23.4 Å². The van der Waals surface area contributed by atoms with Crippen LogP contribution in [0.25, 0.3) is 5.69 Å². The number of amides is 1. The van der Waals surface area contributed by atoms with Crippen molar-refractivity contribution in [2.75, 3.05) is 26.6 Å². The van der Waals surface area contributed by atoms with Gasteiger partial charge >= 0.3 is 0 Å². The van der Waals surface area contributed by atoms with Gasteiger partial charge in [-0.3, -0.25) is 4.79 Å². The minimum atomic E-state index is -0.439. The average Bonchev–Trinajstić information content (AvgIpc) is 3.21. The number of carbonyl (C=O) groups is 1. The molecule has 3 aromatic rings. The standard InChI is InChI=1S/C19H21N5O4S/c1-12(18(25)20-13-5-10-16(27-3)17(11-13)28-4)29-19-21-22-23-24(19)14-6-8-15(26-2)9-7-14/h5-12H,1-4H3,(H,20,25)/t12-/m0/s1. The first-order chi connectivity index (χ1) is 14.0. The van der Waals surface area contributed by atoms with Crippen molar-refractivity contribution in [3.8, 4) is 22.9 Å². The second kappa shape index (κ2) is 9.28. The Morgan fingerprint density at radius 3 is 2.41 bits per heavy atom. The Kier molecular flexibility index (Phi) is 6.55. The summed E-state index contributed by atoms with van der Waals surface area (Å²) in [4.78, 5) is 12.6. The van der Waals surface area contributed by atoms with Gasteiger partial charge < -0.3 is 19.5 Å². The first-order valence-corrected chi connectivity index (χ1v) is 9.56. The lowest BCUT2D eigenvalue weighted by atomic mass is 10.2. The van der Waals surface area contributed by atoms with E-state index in [4.69, 9.17) is 14.2 Å². The molecule has 152 valence electrons. The quantitative estimate of drug-likeness (QED) is 0.561. The van der Waals surface area contributed by atoms with Crippen LogP contribution in [0.4, 0.5) is 5.69 Å². The van der Waals surface area contributed by atoms with Gasteiger partial charge in [-0.1, -0.05) is 11.8 Å². The smallest absolute Gasteiger partial charge is 0.237 e. The number of anilines is 1. The van der Waals surface area contributed by atoms with Crippen LogP contribution in [0.5, 0.6) is 17.2 Å². The number of nitrogens with one attached hydrogen (secondary N) is 1. The van der Waals surface area contributed by atoms with Gasteiger partial charge in [-0.15, -0.1) is 5.10 Å². The third-order valence-electron chi connectivity index (χ3n) is 4.06. The molecule has 3 rings (SSSR count). The molecule has 0 aliphatic rings. The van der Waals surface area contributed by atoms with E-state index in [9.17, 15) is 4.79 Å². The largest absolute Gasteiger partial charge is 0.497 e. The fraction of sp³-hybridized carbons (Fsp3) is 0.263. The Morgan fingerprint density at radius 2 is 1.76 bits per heavy atom. The zero-order chi connectivity index (χ0) is 20.8. The van der Waals surface area contributed by atoms with Crippen LogP contribution < -0.4 is 19.5 Å². The second-order valence-corrected chi connectivity index (χ2v) is 7.20. The highest BCUT2D eigenvalue weighted by Gasteiger charge is 2.20. The van der Waals surface area contributed by atoms with Gasteiger partial charge in [0.15, 0.2) is 11.5 Å². The predicted octanol–water partition coefficient (Wildman–Crippen LogP) is 2.81. The maximum Gasteiger partial charge on any atom is 0.237 e. The molecule has 1 amide bonds. The highest BCUT2D eigenvalue weighted by Crippen LogP contribution is 2.30. The van der Waals surface area contributed by atoms with E-state index >= 15 is 0 Å². The number of ether oxygens (including phenoxy) is 3. The molecule has 10 heteroatoms. The van der Waals surface area contributed by atoms with Gasteiger partial charge in [-0.25, -0.2) is 0 Å². The lowest BCUT2D eigenvalue weighted by molar-refractivity contribution is -0.115. The second-order valence-electron chi connectivity index (χ2n) is 5.89. The normalized spacial score (nSPS) is 11.6. The van der Waals surface area contributed by atoms with Crippen LogP contribution in [0.15, 0.2) is 47.6 Å². The van der Waals surface area contributed by atoms with E-state index in [1.165, 1.54) is 11.8 Å². The summed E-state index contributed by atoms with van der Waals surface area (Å²) in [5, 5.41) is 14.7. The van der Waals surface area contributed by atoms with Gasteiger partial charge in [0.05, 0.1) is 32.3 Å². The minimum absolute atomic E-state index is 0.188. The van der Waals surface area contributed by atoms with Gasteiger partial charge in [0.25, 0.3) is 0 Å². The Bertz CT molecular complexity index is 977. The number of tetrazole rings is 1. The van der Waals surface area contributed by atoms with Crippen molar-refractivity contribution in [2.24, 2.45) is 0 Å². The summed E-state index contributed by atoms with van der Waals surface area (Å²) in [6, 6.07) is 12.5.